The normalized spacial score (nSPS) is 17.0. The Morgan fingerprint density at radius 1 is 0.750 bits per heavy atom. The van der Waals surface area contributed by atoms with Crippen molar-refractivity contribution in [3.05, 3.63) is 0 Å². The van der Waals surface area contributed by atoms with Crippen LogP contribution in [0.25, 0.3) is 0 Å². The minimum absolute atomic E-state index is 0. The second-order valence-electron chi connectivity index (χ2n) is 2.55. The van der Waals surface area contributed by atoms with Gasteiger partial charge in [-0.05, 0) is 0 Å². The Labute approximate surface area is 119 Å². The largest absolute Gasteiger partial charge is 0.479 e. The Morgan fingerprint density at radius 2 is 0.938 bits per heavy atom. The van der Waals surface area contributed by atoms with E-state index < -0.39 is 36.4 Å². The van der Waals surface area contributed by atoms with E-state index in [9.17, 15) is 9.59 Å². The maximum Gasteiger partial charge on any atom is 0.335 e. The molecule has 0 aromatic heterocycles. The van der Waals surface area contributed by atoms with Crippen molar-refractivity contribution >= 4 is 49.7 Å². The van der Waals surface area contributed by atoms with Crippen LogP contribution in [-0.2, 0) is 9.59 Å². The van der Waals surface area contributed by atoms with Crippen molar-refractivity contribution in [2.45, 2.75) is 24.4 Å². The molecule has 0 bridgehead atoms. The van der Waals surface area contributed by atoms with Crippen molar-refractivity contribution in [2.24, 2.45) is 0 Å². The Bertz CT molecular complexity index is 208. The first-order valence-electron chi connectivity index (χ1n) is 3.47. The molecule has 0 aromatic carbocycles. The molecule has 0 aliphatic rings. The SMILES string of the molecule is O.O=C(O)C(O)C(O)C(O)C(O)C(=O)O.[Ca]. The van der Waals surface area contributed by atoms with Gasteiger partial charge in [-0.1, -0.05) is 0 Å². The summed E-state index contributed by atoms with van der Waals surface area (Å²) < 4.78 is 0. The van der Waals surface area contributed by atoms with Crippen LogP contribution in [0.5, 0.6) is 0 Å². The quantitative estimate of drug-likeness (QED) is 0.268. The summed E-state index contributed by atoms with van der Waals surface area (Å²) in [6.07, 6.45) is -9.28. The van der Waals surface area contributed by atoms with Crippen molar-refractivity contribution in [1.29, 1.82) is 0 Å². The molecule has 2 radical (unpaired) electrons. The zero-order valence-electron chi connectivity index (χ0n) is 8.02. The summed E-state index contributed by atoms with van der Waals surface area (Å²) in [6.45, 7) is 0. The fourth-order valence-corrected chi connectivity index (χ4v) is 0.666. The molecule has 8 N–H and O–H groups in total. The first-order valence-corrected chi connectivity index (χ1v) is 3.47. The molecule has 0 aliphatic heterocycles. The van der Waals surface area contributed by atoms with Crippen molar-refractivity contribution in [3.8, 4) is 0 Å². The molecule has 4 atom stereocenters. The van der Waals surface area contributed by atoms with Crippen LogP contribution < -0.4 is 0 Å². The van der Waals surface area contributed by atoms with Gasteiger partial charge in [0.1, 0.15) is 12.2 Å². The Morgan fingerprint density at radius 3 is 1.06 bits per heavy atom. The first kappa shape index (κ1) is 21.3. The molecule has 0 spiro atoms. The van der Waals surface area contributed by atoms with Crippen LogP contribution in [0.2, 0.25) is 0 Å². The van der Waals surface area contributed by atoms with E-state index in [0.29, 0.717) is 0 Å². The van der Waals surface area contributed by atoms with Crippen LogP contribution >= 0.6 is 0 Å². The Hall–Kier alpha value is -0.000260. The number of aliphatic carboxylic acids is 2. The molecule has 0 rings (SSSR count). The summed E-state index contributed by atoms with van der Waals surface area (Å²) in [5.74, 6) is -3.68. The smallest absolute Gasteiger partial charge is 0.335 e. The van der Waals surface area contributed by atoms with Crippen LogP contribution in [0.4, 0.5) is 0 Å². The molecule has 0 saturated heterocycles. The van der Waals surface area contributed by atoms with Crippen molar-refractivity contribution in [2.75, 3.05) is 0 Å². The van der Waals surface area contributed by atoms with E-state index in [1.54, 1.807) is 0 Å². The average molecular weight is 268 g/mol. The second-order valence-corrected chi connectivity index (χ2v) is 2.55. The number of carboxylic acid groups (broad SMARTS) is 2. The third-order valence-electron chi connectivity index (χ3n) is 1.50. The average Bonchev–Trinajstić information content (AvgIpc) is 2.12. The molecular weight excluding hydrogens is 256 g/mol. The van der Waals surface area contributed by atoms with Gasteiger partial charge >= 0.3 is 11.9 Å². The Kier molecular flexibility index (Phi) is 12.1. The van der Waals surface area contributed by atoms with E-state index in [0.717, 1.165) is 0 Å². The summed E-state index contributed by atoms with van der Waals surface area (Å²) in [6, 6.07) is 0. The van der Waals surface area contributed by atoms with Gasteiger partial charge in [-0.15, -0.1) is 0 Å². The third kappa shape index (κ3) is 5.91. The predicted octanol–water partition coefficient (Wildman–Crippen LogP) is -4.61. The zero-order chi connectivity index (χ0) is 11.5. The molecule has 4 unspecified atom stereocenters. The van der Waals surface area contributed by atoms with Gasteiger partial charge in [0.05, 0.1) is 0 Å². The number of carbonyl (C=O) groups is 2. The molecule has 16 heavy (non-hydrogen) atoms. The number of carboxylic acids is 2. The Balaban J connectivity index is -0.000000845. The van der Waals surface area contributed by atoms with E-state index in [-0.39, 0.29) is 43.2 Å². The zero-order valence-corrected chi connectivity index (χ0v) is 10.2. The first-order chi connectivity index (χ1) is 6.29. The maximum absolute atomic E-state index is 10.1. The van der Waals surface area contributed by atoms with Gasteiger partial charge in [0.15, 0.2) is 12.2 Å². The monoisotopic (exact) mass is 268 g/mol. The fraction of sp³-hybridized carbons (Fsp3) is 0.667. The standard InChI is InChI=1S/C6H10O8.Ca.H2O/c7-1(3(9)5(11)12)2(8)4(10)6(13)14;;/h1-4,7-10H,(H,11,12)(H,13,14);;1H2. The molecule has 92 valence electrons. The van der Waals surface area contributed by atoms with Gasteiger partial charge in [-0.3, -0.25) is 0 Å². The molecule has 9 nitrogen and oxygen atoms in total. The van der Waals surface area contributed by atoms with Gasteiger partial charge in [-0.25, -0.2) is 9.59 Å². The van der Waals surface area contributed by atoms with Gasteiger partial charge in [0.2, 0.25) is 0 Å². The number of hydrogen-bond acceptors (Lipinski definition) is 6. The molecule has 0 heterocycles. The van der Waals surface area contributed by atoms with Crippen molar-refractivity contribution < 1.29 is 45.7 Å². The van der Waals surface area contributed by atoms with E-state index >= 15 is 0 Å². The molecule has 0 amide bonds. The molecule has 10 heteroatoms. The van der Waals surface area contributed by atoms with Crippen LogP contribution in [0.15, 0.2) is 0 Å². The molecule has 0 fully saturated rings. The topological polar surface area (TPSA) is 187 Å². The minimum Gasteiger partial charge on any atom is -0.479 e. The van der Waals surface area contributed by atoms with Gasteiger partial charge in [0, 0.05) is 37.7 Å². The van der Waals surface area contributed by atoms with E-state index in [1.807, 2.05) is 0 Å². The van der Waals surface area contributed by atoms with Gasteiger partial charge in [-0.2, -0.15) is 0 Å². The van der Waals surface area contributed by atoms with Crippen LogP contribution in [0.3, 0.4) is 0 Å². The summed E-state index contributed by atoms with van der Waals surface area (Å²) in [4.78, 5) is 20.2. The molecule has 0 saturated carbocycles. The molecule has 0 aliphatic carbocycles. The third-order valence-corrected chi connectivity index (χ3v) is 1.50. The van der Waals surface area contributed by atoms with E-state index in [4.69, 9.17) is 30.6 Å². The van der Waals surface area contributed by atoms with Crippen LogP contribution in [-0.4, -0.2) is 110 Å². The predicted molar refractivity (Wildman–Crippen MR) is 48.7 cm³/mol. The minimum atomic E-state index is -2.36. The van der Waals surface area contributed by atoms with Crippen LogP contribution in [0, 0.1) is 0 Å². The van der Waals surface area contributed by atoms with Crippen molar-refractivity contribution in [1.82, 2.24) is 0 Å². The van der Waals surface area contributed by atoms with Gasteiger partial charge in [0.25, 0.3) is 0 Å². The van der Waals surface area contributed by atoms with Gasteiger partial charge < -0.3 is 36.1 Å². The molecule has 0 aromatic rings. The summed E-state index contributed by atoms with van der Waals surface area (Å²) in [5.41, 5.74) is 0. The second kappa shape index (κ2) is 9.07. The van der Waals surface area contributed by atoms with E-state index in [1.165, 1.54) is 0 Å². The number of aliphatic hydroxyl groups excluding tert-OH is 4. The fourth-order valence-electron chi connectivity index (χ4n) is 0.666. The maximum atomic E-state index is 10.1. The van der Waals surface area contributed by atoms with Crippen molar-refractivity contribution in [3.63, 3.8) is 0 Å². The number of hydrogen-bond donors (Lipinski definition) is 6. The van der Waals surface area contributed by atoms with E-state index in [2.05, 4.69) is 0 Å². The summed E-state index contributed by atoms with van der Waals surface area (Å²) in [7, 11) is 0. The number of rotatable bonds is 5. The van der Waals surface area contributed by atoms with Crippen LogP contribution in [0.1, 0.15) is 0 Å². The number of aliphatic hydroxyl groups is 4. The summed E-state index contributed by atoms with van der Waals surface area (Å²) in [5, 5.41) is 51.5. The summed E-state index contributed by atoms with van der Waals surface area (Å²) >= 11 is 0. The molecular formula is C6H12CaO9.